The molecule has 1 aliphatic rings. The third-order valence-electron chi connectivity index (χ3n) is 2.85. The molecule has 1 unspecified atom stereocenters. The number of nitrogens with one attached hydrogen (secondary N) is 2. The van der Waals surface area contributed by atoms with Gasteiger partial charge < -0.3 is 15.2 Å². The second kappa shape index (κ2) is 5.65. The fourth-order valence-corrected chi connectivity index (χ4v) is 1.97. The summed E-state index contributed by atoms with van der Waals surface area (Å²) in [5.74, 6) is 0.0237. The smallest absolute Gasteiger partial charge is 0.224 e. The van der Waals surface area contributed by atoms with Gasteiger partial charge in [-0.05, 0) is 25.8 Å². The molecule has 1 aromatic rings. The molecule has 1 aliphatic heterocycles. The molecule has 1 fully saturated rings. The summed E-state index contributed by atoms with van der Waals surface area (Å²) in [6, 6.07) is 0.502. The summed E-state index contributed by atoms with van der Waals surface area (Å²) in [6.07, 6.45) is 8.07. The topological polar surface area (TPSA) is 67.2 Å². The molecule has 1 aromatic heterocycles. The lowest BCUT2D eigenvalue weighted by Gasteiger charge is -2.22. The molecule has 5 nitrogen and oxygen atoms in total. The van der Waals surface area contributed by atoms with Crippen LogP contribution >= 0.6 is 0 Å². The number of aromatic nitrogens is 1. The van der Waals surface area contributed by atoms with Gasteiger partial charge in [0.2, 0.25) is 5.91 Å². The van der Waals surface area contributed by atoms with E-state index in [9.17, 15) is 4.79 Å². The summed E-state index contributed by atoms with van der Waals surface area (Å²) < 4.78 is 4.63. The van der Waals surface area contributed by atoms with Crippen molar-refractivity contribution in [3.63, 3.8) is 0 Å². The maximum atomic E-state index is 11.5. The summed E-state index contributed by atoms with van der Waals surface area (Å²) in [5.41, 5.74) is 0.626. The number of carbonyl (C=O) groups is 1. The van der Waals surface area contributed by atoms with E-state index in [2.05, 4.69) is 20.3 Å². The van der Waals surface area contributed by atoms with E-state index in [1.807, 2.05) is 0 Å². The number of rotatable bonds is 4. The molecule has 5 heteroatoms. The molecule has 16 heavy (non-hydrogen) atoms. The van der Waals surface area contributed by atoms with Crippen LogP contribution in [0.5, 0.6) is 0 Å². The van der Waals surface area contributed by atoms with Crippen LogP contribution in [-0.4, -0.2) is 23.7 Å². The van der Waals surface area contributed by atoms with E-state index >= 15 is 0 Å². The van der Waals surface area contributed by atoms with Gasteiger partial charge >= 0.3 is 0 Å². The fraction of sp³-hybridized carbons (Fsp3) is 0.636. The summed E-state index contributed by atoms with van der Waals surface area (Å²) >= 11 is 0. The van der Waals surface area contributed by atoms with Gasteiger partial charge in [0.1, 0.15) is 12.0 Å². The van der Waals surface area contributed by atoms with Crippen molar-refractivity contribution in [2.75, 3.05) is 11.9 Å². The molecule has 0 saturated carbocycles. The van der Waals surface area contributed by atoms with Crippen molar-refractivity contribution in [1.82, 2.24) is 10.5 Å². The molecular formula is C11H17N3O2. The zero-order chi connectivity index (χ0) is 11.2. The number of anilines is 1. The average molecular weight is 223 g/mol. The minimum Gasteiger partial charge on any atom is -0.363 e. The van der Waals surface area contributed by atoms with Crippen molar-refractivity contribution in [2.24, 2.45) is 0 Å². The highest BCUT2D eigenvalue weighted by molar-refractivity contribution is 5.90. The maximum Gasteiger partial charge on any atom is 0.224 e. The van der Waals surface area contributed by atoms with Crippen LogP contribution < -0.4 is 10.6 Å². The van der Waals surface area contributed by atoms with Crippen LogP contribution in [0.15, 0.2) is 17.0 Å². The molecule has 1 atom stereocenters. The Morgan fingerprint density at radius 3 is 3.25 bits per heavy atom. The van der Waals surface area contributed by atoms with Gasteiger partial charge in [0, 0.05) is 12.5 Å². The van der Waals surface area contributed by atoms with Gasteiger partial charge in [0.05, 0.1) is 6.20 Å². The molecule has 2 heterocycles. The Bertz CT molecular complexity index is 318. The summed E-state index contributed by atoms with van der Waals surface area (Å²) in [5, 5.41) is 9.68. The number of hydrogen-bond acceptors (Lipinski definition) is 4. The summed E-state index contributed by atoms with van der Waals surface area (Å²) in [4.78, 5) is 11.5. The van der Waals surface area contributed by atoms with Crippen molar-refractivity contribution in [2.45, 2.75) is 38.1 Å². The van der Waals surface area contributed by atoms with Crippen molar-refractivity contribution >= 4 is 11.6 Å². The fourth-order valence-electron chi connectivity index (χ4n) is 1.97. The zero-order valence-corrected chi connectivity index (χ0v) is 9.24. The van der Waals surface area contributed by atoms with E-state index in [0.717, 1.165) is 13.0 Å². The first-order chi connectivity index (χ1) is 7.84. The van der Waals surface area contributed by atoms with Gasteiger partial charge in [0.15, 0.2) is 0 Å². The van der Waals surface area contributed by atoms with Crippen LogP contribution in [-0.2, 0) is 4.79 Å². The Morgan fingerprint density at radius 1 is 1.62 bits per heavy atom. The lowest BCUT2D eigenvalue weighted by molar-refractivity contribution is -0.116. The first-order valence-electron chi connectivity index (χ1n) is 5.77. The van der Waals surface area contributed by atoms with Gasteiger partial charge in [0.25, 0.3) is 0 Å². The minimum atomic E-state index is 0.0237. The van der Waals surface area contributed by atoms with Gasteiger partial charge in [-0.15, -0.1) is 0 Å². The SMILES string of the molecule is O=C(CCC1CCCCN1)Nc1cnoc1. The highest BCUT2D eigenvalue weighted by atomic mass is 16.5. The first-order valence-corrected chi connectivity index (χ1v) is 5.77. The first kappa shape index (κ1) is 11.1. The number of piperidine rings is 1. The number of hydrogen-bond donors (Lipinski definition) is 2. The van der Waals surface area contributed by atoms with Crippen molar-refractivity contribution in [3.05, 3.63) is 12.5 Å². The molecule has 0 spiro atoms. The van der Waals surface area contributed by atoms with Crippen LogP contribution in [0.4, 0.5) is 5.69 Å². The molecule has 0 aliphatic carbocycles. The number of nitrogens with zero attached hydrogens (tertiary/aromatic N) is 1. The molecule has 2 N–H and O–H groups in total. The third-order valence-corrected chi connectivity index (χ3v) is 2.85. The normalized spacial score (nSPS) is 20.6. The number of amides is 1. The molecule has 88 valence electrons. The summed E-state index contributed by atoms with van der Waals surface area (Å²) in [7, 11) is 0. The molecule has 0 radical (unpaired) electrons. The Balaban J connectivity index is 1.67. The average Bonchev–Trinajstić information content (AvgIpc) is 2.81. The molecule has 0 aromatic carbocycles. The Labute approximate surface area is 94.6 Å². The number of carbonyl (C=O) groups excluding carboxylic acids is 1. The van der Waals surface area contributed by atoms with E-state index in [0.29, 0.717) is 18.2 Å². The Morgan fingerprint density at radius 2 is 2.56 bits per heavy atom. The molecular weight excluding hydrogens is 206 g/mol. The summed E-state index contributed by atoms with van der Waals surface area (Å²) in [6.45, 7) is 1.08. The highest BCUT2D eigenvalue weighted by Gasteiger charge is 2.14. The Kier molecular flexibility index (Phi) is 3.93. The zero-order valence-electron chi connectivity index (χ0n) is 9.24. The predicted octanol–water partition coefficient (Wildman–Crippen LogP) is 1.54. The second-order valence-corrected chi connectivity index (χ2v) is 4.15. The van der Waals surface area contributed by atoms with Crippen LogP contribution in [0.2, 0.25) is 0 Å². The molecule has 2 rings (SSSR count). The minimum absolute atomic E-state index is 0.0237. The third kappa shape index (κ3) is 3.34. The standard InChI is InChI=1S/C11H17N3O2/c15-11(14-10-7-13-16-8-10)5-4-9-3-1-2-6-12-9/h7-9,12H,1-6H2,(H,14,15). The lowest BCUT2D eigenvalue weighted by atomic mass is 10.0. The monoisotopic (exact) mass is 223 g/mol. The van der Waals surface area contributed by atoms with Gasteiger partial charge in [-0.2, -0.15) is 0 Å². The van der Waals surface area contributed by atoms with Crippen LogP contribution in [0.25, 0.3) is 0 Å². The predicted molar refractivity (Wildman–Crippen MR) is 60.0 cm³/mol. The van der Waals surface area contributed by atoms with E-state index < -0.39 is 0 Å². The van der Waals surface area contributed by atoms with Gasteiger partial charge in [-0.3, -0.25) is 4.79 Å². The van der Waals surface area contributed by atoms with E-state index in [1.165, 1.54) is 31.7 Å². The van der Waals surface area contributed by atoms with E-state index in [4.69, 9.17) is 0 Å². The van der Waals surface area contributed by atoms with Crippen molar-refractivity contribution in [3.8, 4) is 0 Å². The van der Waals surface area contributed by atoms with E-state index in [-0.39, 0.29) is 5.91 Å². The lowest BCUT2D eigenvalue weighted by Crippen LogP contribution is -2.34. The quantitative estimate of drug-likeness (QED) is 0.812. The van der Waals surface area contributed by atoms with Gasteiger partial charge in [-0.25, -0.2) is 0 Å². The van der Waals surface area contributed by atoms with Gasteiger partial charge in [-0.1, -0.05) is 11.6 Å². The molecule has 1 saturated heterocycles. The van der Waals surface area contributed by atoms with Crippen molar-refractivity contribution < 1.29 is 9.32 Å². The second-order valence-electron chi connectivity index (χ2n) is 4.15. The highest BCUT2D eigenvalue weighted by Crippen LogP contribution is 2.12. The van der Waals surface area contributed by atoms with Crippen LogP contribution in [0.1, 0.15) is 32.1 Å². The van der Waals surface area contributed by atoms with Crippen LogP contribution in [0.3, 0.4) is 0 Å². The Hall–Kier alpha value is -1.36. The molecule has 0 bridgehead atoms. The van der Waals surface area contributed by atoms with Crippen LogP contribution in [0, 0.1) is 0 Å². The van der Waals surface area contributed by atoms with E-state index in [1.54, 1.807) is 0 Å². The van der Waals surface area contributed by atoms with Crippen molar-refractivity contribution in [1.29, 1.82) is 0 Å². The maximum absolute atomic E-state index is 11.5. The molecule has 1 amide bonds. The largest absolute Gasteiger partial charge is 0.363 e.